The lowest BCUT2D eigenvalue weighted by molar-refractivity contribution is 0.115. The summed E-state index contributed by atoms with van der Waals surface area (Å²) in [5, 5.41) is 13.6. The Morgan fingerprint density at radius 3 is 2.71 bits per heavy atom. The van der Waals surface area contributed by atoms with Crippen LogP contribution in [0.1, 0.15) is 50.6 Å². The van der Waals surface area contributed by atoms with Gasteiger partial charge in [-0.1, -0.05) is 19.3 Å². The molecule has 1 aromatic rings. The summed E-state index contributed by atoms with van der Waals surface area (Å²) in [5.41, 5.74) is 1.23. The highest BCUT2D eigenvalue weighted by atomic mass is 16.3. The van der Waals surface area contributed by atoms with Crippen LogP contribution in [0.3, 0.4) is 0 Å². The fraction of sp³-hybridized carbons (Fsp3) is 0.643. The van der Waals surface area contributed by atoms with E-state index in [0.717, 1.165) is 19.3 Å². The van der Waals surface area contributed by atoms with Crippen LogP contribution >= 0.6 is 0 Å². The molecule has 0 aromatic carbocycles. The molecule has 1 heterocycles. The van der Waals surface area contributed by atoms with E-state index in [-0.39, 0.29) is 18.2 Å². The lowest BCUT2D eigenvalue weighted by Gasteiger charge is -2.26. The maximum atomic E-state index is 10.1. The van der Waals surface area contributed by atoms with Gasteiger partial charge in [-0.3, -0.25) is 4.98 Å². The molecular formula is C14H22N2O. The highest BCUT2D eigenvalue weighted by Gasteiger charge is 2.22. The molecule has 1 saturated carbocycles. The van der Waals surface area contributed by atoms with Crippen molar-refractivity contribution in [1.82, 2.24) is 10.3 Å². The van der Waals surface area contributed by atoms with Crippen LogP contribution in [0.4, 0.5) is 0 Å². The molecule has 1 aliphatic rings. The molecule has 1 fully saturated rings. The quantitative estimate of drug-likeness (QED) is 0.790. The third-order valence-electron chi connectivity index (χ3n) is 3.65. The first kappa shape index (κ1) is 12.5. The fourth-order valence-corrected chi connectivity index (χ4v) is 2.55. The van der Waals surface area contributed by atoms with Gasteiger partial charge in [-0.25, -0.2) is 0 Å². The molecule has 2 unspecified atom stereocenters. The van der Waals surface area contributed by atoms with Crippen LogP contribution in [0.2, 0.25) is 0 Å². The van der Waals surface area contributed by atoms with Crippen LogP contribution in [0.25, 0.3) is 0 Å². The molecule has 0 amide bonds. The van der Waals surface area contributed by atoms with Gasteiger partial charge in [0.25, 0.3) is 0 Å². The van der Waals surface area contributed by atoms with Gasteiger partial charge in [-0.2, -0.15) is 0 Å². The highest BCUT2D eigenvalue weighted by Crippen LogP contribution is 2.21. The topological polar surface area (TPSA) is 45.1 Å². The molecule has 0 saturated heterocycles. The van der Waals surface area contributed by atoms with Gasteiger partial charge in [0, 0.05) is 24.5 Å². The molecule has 17 heavy (non-hydrogen) atoms. The predicted molar refractivity (Wildman–Crippen MR) is 68.7 cm³/mol. The Kier molecular flexibility index (Phi) is 4.51. The Hall–Kier alpha value is -0.930. The van der Waals surface area contributed by atoms with Gasteiger partial charge in [-0.15, -0.1) is 0 Å². The Morgan fingerprint density at radius 1 is 1.24 bits per heavy atom. The van der Waals surface area contributed by atoms with Gasteiger partial charge in [0.1, 0.15) is 0 Å². The minimum absolute atomic E-state index is 0.193. The van der Waals surface area contributed by atoms with E-state index in [1.54, 1.807) is 0 Å². The van der Waals surface area contributed by atoms with E-state index in [4.69, 9.17) is 0 Å². The van der Waals surface area contributed by atoms with E-state index in [0.29, 0.717) is 0 Å². The first-order chi connectivity index (χ1) is 8.27. The van der Waals surface area contributed by atoms with Crippen molar-refractivity contribution in [3.05, 3.63) is 30.1 Å². The number of aromatic nitrogens is 1. The molecule has 0 radical (unpaired) electrons. The summed E-state index contributed by atoms with van der Waals surface area (Å²) >= 11 is 0. The summed E-state index contributed by atoms with van der Waals surface area (Å²) in [5.74, 6) is 0. The molecule has 2 N–H and O–H groups in total. The summed E-state index contributed by atoms with van der Waals surface area (Å²) in [6.45, 7) is 2.15. The van der Waals surface area contributed by atoms with E-state index in [1.807, 2.05) is 24.5 Å². The number of hydrogen-bond donors (Lipinski definition) is 2. The van der Waals surface area contributed by atoms with E-state index in [1.165, 1.54) is 18.4 Å². The maximum Gasteiger partial charge on any atom is 0.0693 e. The van der Waals surface area contributed by atoms with Gasteiger partial charge < -0.3 is 10.4 Å². The molecule has 0 bridgehead atoms. The zero-order valence-electron chi connectivity index (χ0n) is 10.5. The van der Waals surface area contributed by atoms with Crippen LogP contribution in [0.15, 0.2) is 24.5 Å². The normalized spacial score (nSPS) is 27.4. The van der Waals surface area contributed by atoms with Gasteiger partial charge >= 0.3 is 0 Å². The molecule has 2 rings (SSSR count). The smallest absolute Gasteiger partial charge is 0.0693 e. The molecule has 3 heteroatoms. The summed E-state index contributed by atoms with van der Waals surface area (Å²) in [4.78, 5) is 4.03. The maximum absolute atomic E-state index is 10.1. The average molecular weight is 234 g/mol. The Morgan fingerprint density at radius 2 is 1.94 bits per heavy atom. The van der Waals surface area contributed by atoms with Crippen LogP contribution in [-0.4, -0.2) is 22.2 Å². The first-order valence-electron chi connectivity index (χ1n) is 6.61. The van der Waals surface area contributed by atoms with Crippen LogP contribution in [0.5, 0.6) is 0 Å². The summed E-state index contributed by atoms with van der Waals surface area (Å²) in [6.07, 6.45) is 9.08. The van der Waals surface area contributed by atoms with Crippen molar-refractivity contribution in [2.24, 2.45) is 0 Å². The third kappa shape index (κ3) is 3.51. The zero-order chi connectivity index (χ0) is 12.1. The number of rotatable bonds is 3. The second-order valence-corrected chi connectivity index (χ2v) is 4.98. The van der Waals surface area contributed by atoms with Gasteiger partial charge in [0.2, 0.25) is 0 Å². The molecule has 0 aliphatic heterocycles. The van der Waals surface area contributed by atoms with Gasteiger partial charge in [-0.05, 0) is 37.5 Å². The van der Waals surface area contributed by atoms with E-state index in [9.17, 15) is 5.11 Å². The number of aliphatic hydroxyl groups is 1. The van der Waals surface area contributed by atoms with Crippen LogP contribution in [-0.2, 0) is 0 Å². The number of nitrogens with one attached hydrogen (secondary N) is 1. The standard InChI is InChI=1S/C14H22N2O/c1-11(12-7-9-15-10-8-12)16-13-5-3-2-4-6-14(13)17/h7-11,13-14,16-17H,2-6H2,1H3/t11-,13?,14?/m0/s1. The minimum atomic E-state index is -0.193. The number of pyridine rings is 1. The van der Waals surface area contributed by atoms with E-state index in [2.05, 4.69) is 17.2 Å². The molecule has 3 atom stereocenters. The SMILES string of the molecule is C[C@H](NC1CCCCCC1O)c1ccncc1. The fourth-order valence-electron chi connectivity index (χ4n) is 2.55. The lowest BCUT2D eigenvalue weighted by atomic mass is 10.0. The molecule has 3 nitrogen and oxygen atoms in total. The third-order valence-corrected chi connectivity index (χ3v) is 3.65. The summed E-state index contributed by atoms with van der Waals surface area (Å²) in [6, 6.07) is 4.57. The predicted octanol–water partition coefficient (Wildman–Crippen LogP) is 2.43. The van der Waals surface area contributed by atoms with E-state index < -0.39 is 0 Å². The first-order valence-corrected chi connectivity index (χ1v) is 6.61. The monoisotopic (exact) mass is 234 g/mol. The van der Waals surface area contributed by atoms with Gasteiger partial charge in [0.05, 0.1) is 6.10 Å². The van der Waals surface area contributed by atoms with Crippen molar-refractivity contribution in [3.8, 4) is 0 Å². The van der Waals surface area contributed by atoms with Crippen molar-refractivity contribution in [3.63, 3.8) is 0 Å². The Bertz CT molecular complexity index is 328. The largest absolute Gasteiger partial charge is 0.392 e. The lowest BCUT2D eigenvalue weighted by Crippen LogP contribution is -2.40. The van der Waals surface area contributed by atoms with E-state index >= 15 is 0 Å². The van der Waals surface area contributed by atoms with Crippen molar-refractivity contribution in [2.75, 3.05) is 0 Å². The van der Waals surface area contributed by atoms with Gasteiger partial charge in [0.15, 0.2) is 0 Å². The second kappa shape index (κ2) is 6.12. The Labute approximate surface area is 103 Å². The number of aliphatic hydroxyl groups excluding tert-OH is 1. The summed E-state index contributed by atoms with van der Waals surface area (Å²) < 4.78 is 0. The molecular weight excluding hydrogens is 212 g/mol. The van der Waals surface area contributed by atoms with Crippen molar-refractivity contribution in [1.29, 1.82) is 0 Å². The summed E-state index contributed by atoms with van der Waals surface area (Å²) in [7, 11) is 0. The van der Waals surface area contributed by atoms with Crippen LogP contribution in [0, 0.1) is 0 Å². The highest BCUT2D eigenvalue weighted by molar-refractivity contribution is 5.14. The molecule has 0 spiro atoms. The van der Waals surface area contributed by atoms with Crippen molar-refractivity contribution in [2.45, 2.75) is 57.2 Å². The second-order valence-electron chi connectivity index (χ2n) is 4.98. The van der Waals surface area contributed by atoms with Crippen molar-refractivity contribution >= 4 is 0 Å². The minimum Gasteiger partial charge on any atom is -0.392 e. The number of nitrogens with zero attached hydrogens (tertiary/aromatic N) is 1. The zero-order valence-corrected chi connectivity index (χ0v) is 10.5. The molecule has 1 aromatic heterocycles. The molecule has 94 valence electrons. The Balaban J connectivity index is 1.95. The average Bonchev–Trinajstić information content (AvgIpc) is 2.56. The van der Waals surface area contributed by atoms with Crippen molar-refractivity contribution < 1.29 is 5.11 Å². The number of hydrogen-bond acceptors (Lipinski definition) is 3. The van der Waals surface area contributed by atoms with Crippen LogP contribution < -0.4 is 5.32 Å². The molecule has 1 aliphatic carbocycles.